The van der Waals surface area contributed by atoms with Crippen LogP contribution in [-0.2, 0) is 0 Å². The molecule has 5 nitrogen and oxygen atoms in total. The number of para-hydroxylation sites is 1. The molecule has 2 aliphatic heterocycles. The molecule has 7 heteroatoms. The number of aliphatic imine (C=N–C) groups is 1. The summed E-state index contributed by atoms with van der Waals surface area (Å²) >= 11 is 13.2. The highest BCUT2D eigenvalue weighted by atomic mass is 35.5. The number of nitrogen functional groups attached to an aromatic ring is 1. The number of rotatable bonds is 4. The summed E-state index contributed by atoms with van der Waals surface area (Å²) in [6.07, 6.45) is 0.842. The van der Waals surface area contributed by atoms with Gasteiger partial charge in [0.05, 0.1) is 32.2 Å². The molecule has 28 heavy (non-hydrogen) atoms. The van der Waals surface area contributed by atoms with Crippen molar-refractivity contribution in [3.63, 3.8) is 0 Å². The van der Waals surface area contributed by atoms with Crippen molar-refractivity contribution in [2.24, 2.45) is 4.99 Å². The smallest absolute Gasteiger partial charge is 0.143 e. The van der Waals surface area contributed by atoms with E-state index in [0.717, 1.165) is 35.6 Å². The number of anilines is 2. The third-order valence-corrected chi connectivity index (χ3v) is 5.97. The van der Waals surface area contributed by atoms with Gasteiger partial charge < -0.3 is 20.1 Å². The van der Waals surface area contributed by atoms with E-state index in [0.29, 0.717) is 34.6 Å². The Hall–Kier alpha value is -2.37. The average molecular weight is 418 g/mol. The van der Waals surface area contributed by atoms with Crippen molar-refractivity contribution in [3.8, 4) is 11.5 Å². The van der Waals surface area contributed by atoms with E-state index in [1.807, 2.05) is 24.3 Å². The second-order valence-electron chi connectivity index (χ2n) is 6.76. The van der Waals surface area contributed by atoms with E-state index in [1.54, 1.807) is 20.3 Å². The molecule has 2 aromatic carbocycles. The lowest BCUT2D eigenvalue weighted by atomic mass is 9.93. The highest BCUT2D eigenvalue weighted by molar-refractivity contribution is 6.41. The monoisotopic (exact) mass is 417 g/mol. The number of ether oxygens (including phenoxy) is 2. The standard InChI is InChI=1S/C21H21Cl2N3O2/c1-27-16-9-17(28-2)19(23)21(18(16)22)26-8-7-13-12(11-26)10-25-20(13)14-5-3-4-6-15(14)24/h3-6,9H,7-8,10-11,24H2,1-2H3. The van der Waals surface area contributed by atoms with Gasteiger partial charge in [-0.15, -0.1) is 0 Å². The van der Waals surface area contributed by atoms with E-state index >= 15 is 0 Å². The van der Waals surface area contributed by atoms with Crippen LogP contribution < -0.4 is 20.1 Å². The van der Waals surface area contributed by atoms with Crippen LogP contribution >= 0.6 is 23.2 Å². The fourth-order valence-corrected chi connectivity index (χ4v) is 4.57. The molecule has 0 spiro atoms. The van der Waals surface area contributed by atoms with Crippen LogP contribution in [0.5, 0.6) is 11.5 Å². The molecule has 2 heterocycles. The molecule has 2 N–H and O–H groups in total. The first-order valence-corrected chi connectivity index (χ1v) is 9.76. The van der Waals surface area contributed by atoms with Gasteiger partial charge in [0.15, 0.2) is 0 Å². The summed E-state index contributed by atoms with van der Waals surface area (Å²) in [5.41, 5.74) is 12.2. The molecule has 0 bridgehead atoms. The summed E-state index contributed by atoms with van der Waals surface area (Å²) in [6, 6.07) is 9.57. The summed E-state index contributed by atoms with van der Waals surface area (Å²) in [7, 11) is 3.16. The summed E-state index contributed by atoms with van der Waals surface area (Å²) in [4.78, 5) is 6.94. The largest absolute Gasteiger partial charge is 0.495 e. The Labute approximate surface area is 174 Å². The number of hydrogen-bond donors (Lipinski definition) is 1. The van der Waals surface area contributed by atoms with E-state index < -0.39 is 0 Å². The highest BCUT2D eigenvalue weighted by Crippen LogP contribution is 2.47. The van der Waals surface area contributed by atoms with Gasteiger partial charge >= 0.3 is 0 Å². The van der Waals surface area contributed by atoms with Gasteiger partial charge in [0.25, 0.3) is 0 Å². The normalized spacial score (nSPS) is 16.1. The number of nitrogens with zero attached hydrogens (tertiary/aromatic N) is 2. The molecule has 0 saturated carbocycles. The van der Waals surface area contributed by atoms with Crippen LogP contribution in [0.2, 0.25) is 10.0 Å². The number of benzene rings is 2. The zero-order valence-corrected chi connectivity index (χ0v) is 17.3. The fraction of sp³-hybridized carbons (Fsp3) is 0.286. The van der Waals surface area contributed by atoms with Gasteiger partial charge in [-0.3, -0.25) is 4.99 Å². The minimum atomic E-state index is 0.490. The summed E-state index contributed by atoms with van der Waals surface area (Å²) < 4.78 is 10.8. The van der Waals surface area contributed by atoms with E-state index in [-0.39, 0.29) is 0 Å². The number of methoxy groups -OCH3 is 2. The Morgan fingerprint density at radius 3 is 2.39 bits per heavy atom. The summed E-state index contributed by atoms with van der Waals surface area (Å²) in [6.45, 7) is 2.12. The number of nitrogens with two attached hydrogens (primary N) is 1. The predicted molar refractivity (Wildman–Crippen MR) is 116 cm³/mol. The SMILES string of the molecule is COc1cc(OC)c(Cl)c(N2CCC3=C(CN=C3c3ccccc3N)C2)c1Cl. The van der Waals surface area contributed by atoms with Crippen molar-refractivity contribution >= 4 is 40.3 Å². The molecule has 0 saturated heterocycles. The Bertz CT molecular complexity index is 973. The van der Waals surface area contributed by atoms with Gasteiger partial charge in [-0.2, -0.15) is 0 Å². The van der Waals surface area contributed by atoms with Crippen LogP contribution in [0.15, 0.2) is 46.5 Å². The van der Waals surface area contributed by atoms with Gasteiger partial charge in [-0.05, 0) is 23.6 Å². The first-order chi connectivity index (χ1) is 13.5. The molecular formula is C21H21Cl2N3O2. The number of halogens is 2. The van der Waals surface area contributed by atoms with Gasteiger partial charge in [0.1, 0.15) is 21.5 Å². The molecule has 0 atom stereocenters. The van der Waals surface area contributed by atoms with Crippen LogP contribution in [0.1, 0.15) is 12.0 Å². The highest BCUT2D eigenvalue weighted by Gasteiger charge is 2.30. The molecule has 4 rings (SSSR count). The van der Waals surface area contributed by atoms with Crippen LogP contribution in [0.3, 0.4) is 0 Å². The van der Waals surface area contributed by atoms with Gasteiger partial charge in [-0.25, -0.2) is 0 Å². The Morgan fingerprint density at radius 1 is 1.07 bits per heavy atom. The molecule has 0 aromatic heterocycles. The second-order valence-corrected chi connectivity index (χ2v) is 7.52. The van der Waals surface area contributed by atoms with E-state index in [2.05, 4.69) is 4.90 Å². The van der Waals surface area contributed by atoms with Gasteiger partial charge in [0.2, 0.25) is 0 Å². The first kappa shape index (κ1) is 19.0. The lowest BCUT2D eigenvalue weighted by Crippen LogP contribution is -2.33. The quantitative estimate of drug-likeness (QED) is 0.738. The molecule has 0 radical (unpaired) electrons. The van der Waals surface area contributed by atoms with Crippen LogP contribution in [-0.4, -0.2) is 39.6 Å². The first-order valence-electron chi connectivity index (χ1n) is 9.00. The molecule has 0 fully saturated rings. The van der Waals surface area contributed by atoms with Crippen molar-refractivity contribution < 1.29 is 9.47 Å². The van der Waals surface area contributed by atoms with Crippen molar-refractivity contribution in [1.29, 1.82) is 0 Å². The predicted octanol–water partition coefficient (Wildman–Crippen LogP) is 4.60. The van der Waals surface area contributed by atoms with Crippen molar-refractivity contribution in [2.45, 2.75) is 6.42 Å². The van der Waals surface area contributed by atoms with Crippen LogP contribution in [0.25, 0.3) is 0 Å². The maximum atomic E-state index is 6.60. The Morgan fingerprint density at radius 2 is 1.75 bits per heavy atom. The topological polar surface area (TPSA) is 60.1 Å². The van der Waals surface area contributed by atoms with E-state index in [1.165, 1.54) is 11.1 Å². The van der Waals surface area contributed by atoms with E-state index in [4.69, 9.17) is 43.4 Å². The van der Waals surface area contributed by atoms with E-state index in [9.17, 15) is 0 Å². The average Bonchev–Trinajstić information content (AvgIpc) is 3.12. The van der Waals surface area contributed by atoms with Gasteiger partial charge in [0, 0.05) is 30.4 Å². The summed E-state index contributed by atoms with van der Waals surface area (Å²) in [5.74, 6) is 1.08. The molecule has 0 unspecified atom stereocenters. The maximum Gasteiger partial charge on any atom is 0.143 e. The zero-order chi connectivity index (χ0) is 19.8. The molecular weight excluding hydrogens is 397 g/mol. The zero-order valence-electron chi connectivity index (χ0n) is 15.8. The molecule has 146 valence electrons. The molecule has 0 aliphatic carbocycles. The lowest BCUT2D eigenvalue weighted by molar-refractivity contribution is 0.394. The second kappa shape index (κ2) is 7.57. The number of hydrogen-bond acceptors (Lipinski definition) is 5. The fourth-order valence-electron chi connectivity index (χ4n) is 3.83. The Kier molecular flexibility index (Phi) is 5.13. The van der Waals surface area contributed by atoms with Crippen molar-refractivity contribution in [3.05, 3.63) is 57.1 Å². The third-order valence-electron chi connectivity index (χ3n) is 5.24. The Balaban J connectivity index is 1.68. The minimum Gasteiger partial charge on any atom is -0.495 e. The molecule has 2 aliphatic rings. The van der Waals surface area contributed by atoms with Crippen LogP contribution in [0.4, 0.5) is 11.4 Å². The minimum absolute atomic E-state index is 0.490. The lowest BCUT2D eigenvalue weighted by Gasteiger charge is -2.32. The third kappa shape index (κ3) is 3.09. The van der Waals surface area contributed by atoms with Crippen molar-refractivity contribution in [1.82, 2.24) is 0 Å². The summed E-state index contributed by atoms with van der Waals surface area (Å²) in [5, 5.41) is 0.979. The van der Waals surface area contributed by atoms with Crippen LogP contribution in [0, 0.1) is 0 Å². The van der Waals surface area contributed by atoms with Crippen molar-refractivity contribution in [2.75, 3.05) is 44.5 Å². The maximum absolute atomic E-state index is 6.60. The molecule has 2 aromatic rings. The molecule has 0 amide bonds. The van der Waals surface area contributed by atoms with Gasteiger partial charge in [-0.1, -0.05) is 41.4 Å².